The van der Waals surface area contributed by atoms with E-state index >= 15 is 0 Å². The average Bonchev–Trinajstić information content (AvgIpc) is 2.82. The zero-order valence-electron chi connectivity index (χ0n) is 9.54. The van der Waals surface area contributed by atoms with Gasteiger partial charge in [-0.3, -0.25) is 4.79 Å². The van der Waals surface area contributed by atoms with Gasteiger partial charge < -0.3 is 9.84 Å². The number of hydrogen-bond donors (Lipinski definition) is 1. The lowest BCUT2D eigenvalue weighted by Gasteiger charge is -2.19. The molecule has 4 nitrogen and oxygen atoms in total. The van der Waals surface area contributed by atoms with Crippen molar-refractivity contribution in [2.45, 2.75) is 39.2 Å². The van der Waals surface area contributed by atoms with Crippen molar-refractivity contribution in [1.82, 2.24) is 0 Å². The Bertz CT molecular complexity index is 347. The third-order valence-corrected chi connectivity index (χ3v) is 2.76. The van der Waals surface area contributed by atoms with Crippen LogP contribution in [0.1, 0.15) is 33.6 Å². The first-order valence-electron chi connectivity index (χ1n) is 5.01. The van der Waals surface area contributed by atoms with E-state index in [0.29, 0.717) is 12.8 Å². The Kier molecular flexibility index (Phi) is 3.47. The summed E-state index contributed by atoms with van der Waals surface area (Å²) in [4.78, 5) is 22.5. The molecule has 1 aliphatic rings. The zero-order valence-corrected chi connectivity index (χ0v) is 11.1. The summed E-state index contributed by atoms with van der Waals surface area (Å²) in [6.07, 6.45) is 2.57. The van der Waals surface area contributed by atoms with Gasteiger partial charge in [-0.15, -0.1) is 0 Å². The van der Waals surface area contributed by atoms with Crippen LogP contribution in [-0.4, -0.2) is 22.6 Å². The SMILES string of the molecule is CC(C)(C)OC(=O)C(Br)=CC1(C(=O)O)CC1. The summed E-state index contributed by atoms with van der Waals surface area (Å²) < 4.78 is 5.29. The molecule has 0 aliphatic heterocycles. The molecule has 16 heavy (non-hydrogen) atoms. The summed E-state index contributed by atoms with van der Waals surface area (Å²) in [6.45, 7) is 5.28. The molecule has 90 valence electrons. The molecule has 5 heteroatoms. The van der Waals surface area contributed by atoms with Gasteiger partial charge in [0, 0.05) is 0 Å². The van der Waals surface area contributed by atoms with Crippen LogP contribution in [0.25, 0.3) is 0 Å². The molecule has 0 amide bonds. The van der Waals surface area contributed by atoms with E-state index in [1.807, 2.05) is 0 Å². The summed E-state index contributed by atoms with van der Waals surface area (Å²) in [6, 6.07) is 0. The molecule has 0 spiro atoms. The van der Waals surface area contributed by atoms with Crippen LogP contribution in [0.2, 0.25) is 0 Å². The highest BCUT2D eigenvalue weighted by atomic mass is 79.9. The highest BCUT2D eigenvalue weighted by Gasteiger charge is 2.49. The van der Waals surface area contributed by atoms with Gasteiger partial charge in [0.15, 0.2) is 0 Å². The Labute approximate surface area is 103 Å². The summed E-state index contributed by atoms with van der Waals surface area (Å²) in [7, 11) is 0. The maximum absolute atomic E-state index is 11.6. The second kappa shape index (κ2) is 4.20. The first kappa shape index (κ1) is 13.2. The fourth-order valence-corrected chi connectivity index (χ4v) is 1.70. The van der Waals surface area contributed by atoms with Crippen LogP contribution in [0.15, 0.2) is 10.6 Å². The molecule has 1 aliphatic carbocycles. The van der Waals surface area contributed by atoms with Gasteiger partial charge in [0.2, 0.25) is 0 Å². The van der Waals surface area contributed by atoms with Crippen LogP contribution in [0.5, 0.6) is 0 Å². The number of carboxylic acid groups (broad SMARTS) is 1. The normalized spacial score (nSPS) is 19.1. The zero-order chi connectivity index (χ0) is 12.6. The summed E-state index contributed by atoms with van der Waals surface area (Å²) in [5.74, 6) is -1.42. The second-order valence-electron chi connectivity index (χ2n) is 4.96. The minimum Gasteiger partial charge on any atom is -0.481 e. The summed E-state index contributed by atoms with van der Waals surface area (Å²) >= 11 is 3.06. The molecule has 1 saturated carbocycles. The molecular formula is C11H15BrO4. The lowest BCUT2D eigenvalue weighted by atomic mass is 10.1. The predicted octanol–water partition coefficient (Wildman–Crippen LogP) is 2.47. The van der Waals surface area contributed by atoms with E-state index in [1.165, 1.54) is 6.08 Å². The molecular weight excluding hydrogens is 276 g/mol. The highest BCUT2D eigenvalue weighted by molar-refractivity contribution is 9.12. The smallest absolute Gasteiger partial charge is 0.345 e. The van der Waals surface area contributed by atoms with Gasteiger partial charge in [-0.2, -0.15) is 0 Å². The molecule has 0 atom stereocenters. The van der Waals surface area contributed by atoms with Crippen molar-refractivity contribution >= 4 is 27.9 Å². The largest absolute Gasteiger partial charge is 0.481 e. The summed E-state index contributed by atoms with van der Waals surface area (Å²) in [5, 5.41) is 8.95. The fourth-order valence-electron chi connectivity index (χ4n) is 1.18. The Morgan fingerprint density at radius 2 is 1.88 bits per heavy atom. The molecule has 0 aromatic carbocycles. The van der Waals surface area contributed by atoms with Gasteiger partial charge in [-0.25, -0.2) is 4.79 Å². The third kappa shape index (κ3) is 3.33. The van der Waals surface area contributed by atoms with Crippen LogP contribution in [0.3, 0.4) is 0 Å². The van der Waals surface area contributed by atoms with Gasteiger partial charge in [-0.05, 0) is 55.6 Å². The van der Waals surface area contributed by atoms with Crippen LogP contribution >= 0.6 is 15.9 Å². The number of carbonyl (C=O) groups excluding carboxylic acids is 1. The van der Waals surface area contributed by atoms with Crippen molar-refractivity contribution in [3.8, 4) is 0 Å². The standard InChI is InChI=1S/C11H15BrO4/c1-10(2,3)16-8(13)7(12)6-11(4-5-11)9(14)15/h6H,4-5H2,1-3H3,(H,14,15). The highest BCUT2D eigenvalue weighted by Crippen LogP contribution is 2.48. The molecule has 0 radical (unpaired) electrons. The van der Waals surface area contributed by atoms with Gasteiger partial charge in [-0.1, -0.05) is 0 Å². The minimum atomic E-state index is -0.895. The van der Waals surface area contributed by atoms with E-state index in [9.17, 15) is 9.59 Å². The topological polar surface area (TPSA) is 63.6 Å². The molecule has 1 rings (SSSR count). The first-order chi connectivity index (χ1) is 7.16. The summed E-state index contributed by atoms with van der Waals surface area (Å²) in [5.41, 5.74) is -1.44. The van der Waals surface area contributed by atoms with Crippen molar-refractivity contribution in [2.75, 3.05) is 0 Å². The number of aliphatic carboxylic acids is 1. The predicted molar refractivity (Wildman–Crippen MR) is 62.2 cm³/mol. The van der Waals surface area contributed by atoms with Crippen molar-refractivity contribution in [3.63, 3.8) is 0 Å². The van der Waals surface area contributed by atoms with Gasteiger partial charge in [0.25, 0.3) is 0 Å². The lowest BCUT2D eigenvalue weighted by molar-refractivity contribution is -0.148. The monoisotopic (exact) mass is 290 g/mol. The molecule has 0 aromatic rings. The quantitative estimate of drug-likeness (QED) is 0.641. The molecule has 0 saturated heterocycles. The Morgan fingerprint density at radius 3 is 2.19 bits per heavy atom. The second-order valence-corrected chi connectivity index (χ2v) is 5.81. The number of hydrogen-bond acceptors (Lipinski definition) is 3. The van der Waals surface area contributed by atoms with Crippen LogP contribution in [0.4, 0.5) is 0 Å². The number of halogens is 1. The first-order valence-corrected chi connectivity index (χ1v) is 5.81. The molecule has 1 N–H and O–H groups in total. The van der Waals surface area contributed by atoms with Gasteiger partial charge in [0.05, 0.1) is 9.90 Å². The Morgan fingerprint density at radius 1 is 1.38 bits per heavy atom. The van der Waals surface area contributed by atoms with E-state index in [2.05, 4.69) is 15.9 Å². The number of carboxylic acids is 1. The molecule has 1 fully saturated rings. The van der Waals surface area contributed by atoms with Crippen molar-refractivity contribution in [1.29, 1.82) is 0 Å². The van der Waals surface area contributed by atoms with Crippen molar-refractivity contribution in [3.05, 3.63) is 10.6 Å². The van der Waals surface area contributed by atoms with E-state index in [4.69, 9.17) is 9.84 Å². The minimum absolute atomic E-state index is 0.183. The van der Waals surface area contributed by atoms with E-state index in [-0.39, 0.29) is 4.48 Å². The molecule has 0 bridgehead atoms. The molecule has 0 unspecified atom stereocenters. The van der Waals surface area contributed by atoms with E-state index in [0.717, 1.165) is 0 Å². The number of carbonyl (C=O) groups is 2. The van der Waals surface area contributed by atoms with Crippen molar-refractivity contribution < 1.29 is 19.4 Å². The number of ether oxygens (including phenoxy) is 1. The lowest BCUT2D eigenvalue weighted by Crippen LogP contribution is -2.24. The molecule has 0 aromatic heterocycles. The van der Waals surface area contributed by atoms with Crippen LogP contribution in [-0.2, 0) is 14.3 Å². The fraction of sp³-hybridized carbons (Fsp3) is 0.636. The van der Waals surface area contributed by atoms with E-state index < -0.39 is 23.0 Å². The third-order valence-electron chi connectivity index (χ3n) is 2.21. The Hall–Kier alpha value is -0.840. The average molecular weight is 291 g/mol. The number of esters is 1. The van der Waals surface area contributed by atoms with Crippen LogP contribution < -0.4 is 0 Å². The van der Waals surface area contributed by atoms with Gasteiger partial charge in [0.1, 0.15) is 5.60 Å². The van der Waals surface area contributed by atoms with Crippen molar-refractivity contribution in [2.24, 2.45) is 5.41 Å². The van der Waals surface area contributed by atoms with Gasteiger partial charge >= 0.3 is 11.9 Å². The molecule has 0 heterocycles. The number of rotatable bonds is 3. The maximum atomic E-state index is 11.6. The maximum Gasteiger partial charge on any atom is 0.345 e. The van der Waals surface area contributed by atoms with Crippen LogP contribution in [0, 0.1) is 5.41 Å². The Balaban J connectivity index is 2.71. The van der Waals surface area contributed by atoms with E-state index in [1.54, 1.807) is 20.8 Å².